The Labute approximate surface area is 134 Å². The van der Waals surface area contributed by atoms with Gasteiger partial charge in [0.25, 0.3) is 0 Å². The number of piperidine rings is 1. The molecule has 3 rings (SSSR count). The second-order valence-corrected chi connectivity index (χ2v) is 5.90. The lowest BCUT2D eigenvalue weighted by Crippen LogP contribution is -2.39. The molecule has 0 N–H and O–H groups in total. The van der Waals surface area contributed by atoms with E-state index < -0.39 is 0 Å². The summed E-state index contributed by atoms with van der Waals surface area (Å²) in [5, 5.41) is 3.95. The summed E-state index contributed by atoms with van der Waals surface area (Å²) in [7, 11) is 0. The largest absolute Gasteiger partial charge is 0.342 e. The van der Waals surface area contributed by atoms with E-state index in [9.17, 15) is 9.18 Å². The first kappa shape index (κ1) is 15.6. The van der Waals surface area contributed by atoms with Gasteiger partial charge in [0.1, 0.15) is 5.82 Å². The summed E-state index contributed by atoms with van der Waals surface area (Å²) in [5.74, 6) is 0.819. The SMILES string of the molecule is CCCC(=O)N1CCCC(c2nc(-c3cccc(F)c3)no2)C1. The third-order valence-electron chi connectivity index (χ3n) is 4.11. The lowest BCUT2D eigenvalue weighted by Gasteiger charge is -2.31. The molecule has 1 atom stereocenters. The minimum atomic E-state index is -0.331. The third kappa shape index (κ3) is 3.57. The number of likely N-dealkylation sites (tertiary alicyclic amines) is 1. The van der Waals surface area contributed by atoms with E-state index in [4.69, 9.17) is 4.52 Å². The quantitative estimate of drug-likeness (QED) is 0.867. The number of nitrogens with zero attached hydrogens (tertiary/aromatic N) is 3. The minimum Gasteiger partial charge on any atom is -0.342 e. The van der Waals surface area contributed by atoms with Gasteiger partial charge >= 0.3 is 0 Å². The fourth-order valence-electron chi connectivity index (χ4n) is 2.92. The Bertz CT molecular complexity index is 686. The van der Waals surface area contributed by atoms with Crippen molar-refractivity contribution in [3.8, 4) is 11.4 Å². The third-order valence-corrected chi connectivity index (χ3v) is 4.11. The molecule has 2 heterocycles. The number of carbonyl (C=O) groups excluding carboxylic acids is 1. The van der Waals surface area contributed by atoms with Crippen LogP contribution in [0.5, 0.6) is 0 Å². The first-order valence-corrected chi connectivity index (χ1v) is 8.04. The zero-order valence-electron chi connectivity index (χ0n) is 13.2. The van der Waals surface area contributed by atoms with Gasteiger partial charge in [0.05, 0.1) is 5.92 Å². The summed E-state index contributed by atoms with van der Waals surface area (Å²) < 4.78 is 18.7. The molecule has 1 aliphatic heterocycles. The Kier molecular flexibility index (Phi) is 4.69. The van der Waals surface area contributed by atoms with E-state index in [1.165, 1.54) is 12.1 Å². The van der Waals surface area contributed by atoms with Gasteiger partial charge in [-0.1, -0.05) is 24.2 Å². The van der Waals surface area contributed by atoms with Crippen molar-refractivity contribution in [3.05, 3.63) is 36.0 Å². The van der Waals surface area contributed by atoms with Crippen molar-refractivity contribution >= 4 is 5.91 Å². The Hall–Kier alpha value is -2.24. The van der Waals surface area contributed by atoms with Crippen LogP contribution in [-0.4, -0.2) is 34.0 Å². The molecule has 23 heavy (non-hydrogen) atoms. The summed E-state index contributed by atoms with van der Waals surface area (Å²) >= 11 is 0. The molecule has 1 aromatic carbocycles. The predicted molar refractivity (Wildman–Crippen MR) is 83.2 cm³/mol. The van der Waals surface area contributed by atoms with Crippen LogP contribution < -0.4 is 0 Å². The number of aromatic nitrogens is 2. The van der Waals surface area contributed by atoms with Crippen LogP contribution in [0, 0.1) is 5.82 Å². The number of carbonyl (C=O) groups is 1. The highest BCUT2D eigenvalue weighted by Crippen LogP contribution is 2.28. The number of halogens is 1. The van der Waals surface area contributed by atoms with Gasteiger partial charge < -0.3 is 9.42 Å². The van der Waals surface area contributed by atoms with Crippen molar-refractivity contribution in [3.63, 3.8) is 0 Å². The van der Waals surface area contributed by atoms with Gasteiger partial charge in [0.2, 0.25) is 17.6 Å². The molecule has 122 valence electrons. The summed E-state index contributed by atoms with van der Waals surface area (Å²) in [6.45, 7) is 3.41. The van der Waals surface area contributed by atoms with Crippen LogP contribution in [0.15, 0.2) is 28.8 Å². The fraction of sp³-hybridized carbons (Fsp3) is 0.471. The van der Waals surface area contributed by atoms with Gasteiger partial charge in [0, 0.05) is 25.1 Å². The van der Waals surface area contributed by atoms with Crippen molar-refractivity contribution in [2.24, 2.45) is 0 Å². The molecule has 1 amide bonds. The topological polar surface area (TPSA) is 59.2 Å². The second kappa shape index (κ2) is 6.89. The summed E-state index contributed by atoms with van der Waals surface area (Å²) in [4.78, 5) is 18.3. The first-order chi connectivity index (χ1) is 11.2. The van der Waals surface area contributed by atoms with Gasteiger partial charge in [-0.3, -0.25) is 4.79 Å². The van der Waals surface area contributed by atoms with E-state index >= 15 is 0 Å². The fourth-order valence-corrected chi connectivity index (χ4v) is 2.92. The van der Waals surface area contributed by atoms with Crippen LogP contribution in [0.2, 0.25) is 0 Å². The van der Waals surface area contributed by atoms with Crippen LogP contribution in [0.4, 0.5) is 4.39 Å². The van der Waals surface area contributed by atoms with Gasteiger partial charge in [-0.15, -0.1) is 0 Å². The maximum Gasteiger partial charge on any atom is 0.231 e. The number of hydrogen-bond acceptors (Lipinski definition) is 4. The number of benzene rings is 1. The highest BCUT2D eigenvalue weighted by molar-refractivity contribution is 5.76. The Balaban J connectivity index is 1.73. The van der Waals surface area contributed by atoms with Crippen molar-refractivity contribution in [2.45, 2.75) is 38.5 Å². The zero-order valence-corrected chi connectivity index (χ0v) is 13.2. The van der Waals surface area contributed by atoms with E-state index in [1.807, 2.05) is 11.8 Å². The monoisotopic (exact) mass is 317 g/mol. The van der Waals surface area contributed by atoms with E-state index in [0.29, 0.717) is 30.2 Å². The molecule has 5 nitrogen and oxygen atoms in total. The number of hydrogen-bond donors (Lipinski definition) is 0. The highest BCUT2D eigenvalue weighted by atomic mass is 19.1. The molecule has 1 aromatic heterocycles. The molecule has 1 fully saturated rings. The molecule has 2 aromatic rings. The summed E-state index contributed by atoms with van der Waals surface area (Å²) in [5.41, 5.74) is 0.592. The highest BCUT2D eigenvalue weighted by Gasteiger charge is 2.28. The molecule has 1 aliphatic rings. The van der Waals surface area contributed by atoms with E-state index in [0.717, 1.165) is 25.8 Å². The van der Waals surface area contributed by atoms with Crippen molar-refractivity contribution < 1.29 is 13.7 Å². The van der Waals surface area contributed by atoms with Crippen molar-refractivity contribution in [2.75, 3.05) is 13.1 Å². The molecule has 0 saturated carbocycles. The maximum atomic E-state index is 13.3. The Morgan fingerprint density at radius 1 is 1.48 bits per heavy atom. The lowest BCUT2D eigenvalue weighted by molar-refractivity contribution is -0.132. The van der Waals surface area contributed by atoms with Crippen LogP contribution in [-0.2, 0) is 4.79 Å². The Morgan fingerprint density at radius 3 is 3.13 bits per heavy atom. The predicted octanol–water partition coefficient (Wildman–Crippen LogP) is 3.38. The first-order valence-electron chi connectivity index (χ1n) is 8.04. The molecule has 6 heteroatoms. The van der Waals surface area contributed by atoms with Gasteiger partial charge in [-0.25, -0.2) is 4.39 Å². The zero-order chi connectivity index (χ0) is 16.2. The average molecular weight is 317 g/mol. The molecular weight excluding hydrogens is 297 g/mol. The van der Waals surface area contributed by atoms with Crippen LogP contribution in [0.25, 0.3) is 11.4 Å². The average Bonchev–Trinajstić information content (AvgIpc) is 3.05. The van der Waals surface area contributed by atoms with Crippen molar-refractivity contribution in [1.82, 2.24) is 15.0 Å². The standard InChI is InChI=1S/C17H20FN3O2/c1-2-5-15(22)21-9-4-7-13(11-21)17-19-16(20-23-17)12-6-3-8-14(18)10-12/h3,6,8,10,13H,2,4-5,7,9,11H2,1H3. The maximum absolute atomic E-state index is 13.3. The number of amides is 1. The normalized spacial score (nSPS) is 18.2. The summed E-state index contributed by atoms with van der Waals surface area (Å²) in [6, 6.07) is 6.12. The molecule has 1 saturated heterocycles. The van der Waals surface area contributed by atoms with Gasteiger partial charge in [0.15, 0.2) is 0 Å². The molecule has 0 bridgehead atoms. The summed E-state index contributed by atoms with van der Waals surface area (Å²) in [6.07, 6.45) is 3.27. The molecule has 0 spiro atoms. The smallest absolute Gasteiger partial charge is 0.231 e. The van der Waals surface area contributed by atoms with Crippen LogP contribution in [0.3, 0.4) is 0 Å². The van der Waals surface area contributed by atoms with Gasteiger partial charge in [-0.2, -0.15) is 4.98 Å². The Morgan fingerprint density at radius 2 is 2.35 bits per heavy atom. The minimum absolute atomic E-state index is 0.0550. The van der Waals surface area contributed by atoms with Crippen molar-refractivity contribution in [1.29, 1.82) is 0 Å². The molecule has 1 unspecified atom stereocenters. The molecule has 0 aliphatic carbocycles. The lowest BCUT2D eigenvalue weighted by atomic mass is 9.97. The van der Waals surface area contributed by atoms with E-state index in [1.54, 1.807) is 12.1 Å². The molecular formula is C17H20FN3O2. The molecule has 0 radical (unpaired) electrons. The van der Waals surface area contributed by atoms with Gasteiger partial charge in [-0.05, 0) is 31.4 Å². The van der Waals surface area contributed by atoms with Crippen LogP contribution >= 0.6 is 0 Å². The van der Waals surface area contributed by atoms with E-state index in [2.05, 4.69) is 10.1 Å². The van der Waals surface area contributed by atoms with E-state index in [-0.39, 0.29) is 17.6 Å². The number of rotatable bonds is 4. The second-order valence-electron chi connectivity index (χ2n) is 5.90. The van der Waals surface area contributed by atoms with Crippen LogP contribution in [0.1, 0.15) is 44.4 Å².